The molecular weight excluding hydrogens is 420 g/mol. The lowest BCUT2D eigenvalue weighted by atomic mass is 10.1. The SMILES string of the molecule is Nc1cccc(N2CCc3nc(-c4ccc(N5CCCC(F)C5)nc4F)sc3C2=O)c1. The predicted octanol–water partition coefficient (Wildman–Crippen LogP) is 4.07. The van der Waals surface area contributed by atoms with E-state index in [1.165, 1.54) is 11.3 Å². The molecule has 0 radical (unpaired) electrons. The number of benzene rings is 1. The molecule has 2 aromatic heterocycles. The van der Waals surface area contributed by atoms with Crippen LogP contribution in [0.4, 0.5) is 26.0 Å². The fraction of sp³-hybridized carbons (Fsp3) is 0.318. The number of nitrogen functional groups attached to an aromatic ring is 1. The number of carbonyl (C=O) groups excluding carboxylic acids is 1. The number of nitrogens with two attached hydrogens (primary N) is 1. The third-order valence-corrected chi connectivity index (χ3v) is 6.76. The van der Waals surface area contributed by atoms with Gasteiger partial charge in [-0.25, -0.2) is 14.4 Å². The number of hydrogen-bond acceptors (Lipinski definition) is 6. The van der Waals surface area contributed by atoms with Crippen LogP contribution in [0, 0.1) is 5.95 Å². The van der Waals surface area contributed by atoms with Gasteiger partial charge in [0.25, 0.3) is 5.91 Å². The van der Waals surface area contributed by atoms with Gasteiger partial charge in [0, 0.05) is 30.9 Å². The van der Waals surface area contributed by atoms with Crippen LogP contribution in [-0.4, -0.2) is 41.7 Å². The first kappa shape index (κ1) is 19.9. The molecule has 5 rings (SSSR count). The van der Waals surface area contributed by atoms with E-state index in [0.29, 0.717) is 53.0 Å². The van der Waals surface area contributed by atoms with E-state index < -0.39 is 12.1 Å². The molecule has 160 valence electrons. The molecule has 3 aromatic rings. The molecule has 4 heterocycles. The van der Waals surface area contributed by atoms with E-state index in [1.807, 2.05) is 12.1 Å². The zero-order valence-corrected chi connectivity index (χ0v) is 17.5. The molecule has 31 heavy (non-hydrogen) atoms. The molecule has 0 saturated carbocycles. The minimum absolute atomic E-state index is 0.164. The molecule has 1 saturated heterocycles. The number of hydrogen-bond donors (Lipinski definition) is 1. The van der Waals surface area contributed by atoms with E-state index in [0.717, 1.165) is 12.1 Å². The maximum atomic E-state index is 14.9. The number of carbonyl (C=O) groups is 1. The number of alkyl halides is 1. The van der Waals surface area contributed by atoms with Crippen molar-refractivity contribution >= 4 is 34.4 Å². The van der Waals surface area contributed by atoms with Gasteiger partial charge in [0.05, 0.1) is 17.8 Å². The summed E-state index contributed by atoms with van der Waals surface area (Å²) in [6, 6.07) is 10.5. The first-order valence-electron chi connectivity index (χ1n) is 10.2. The van der Waals surface area contributed by atoms with Crippen molar-refractivity contribution in [3.63, 3.8) is 0 Å². The van der Waals surface area contributed by atoms with Crippen LogP contribution in [0.3, 0.4) is 0 Å². The van der Waals surface area contributed by atoms with Crippen LogP contribution >= 0.6 is 11.3 Å². The van der Waals surface area contributed by atoms with Gasteiger partial charge in [0.1, 0.15) is 21.9 Å². The average Bonchev–Trinajstić information content (AvgIpc) is 3.19. The molecular formula is C22H21F2N5OS. The van der Waals surface area contributed by atoms with Gasteiger partial charge in [-0.15, -0.1) is 11.3 Å². The zero-order valence-electron chi connectivity index (χ0n) is 16.7. The van der Waals surface area contributed by atoms with Crippen molar-refractivity contribution in [1.82, 2.24) is 9.97 Å². The summed E-state index contributed by atoms with van der Waals surface area (Å²) >= 11 is 1.17. The molecule has 1 fully saturated rings. The van der Waals surface area contributed by atoms with E-state index in [1.54, 1.807) is 34.1 Å². The van der Waals surface area contributed by atoms with Crippen LogP contribution in [0.5, 0.6) is 0 Å². The van der Waals surface area contributed by atoms with Crippen molar-refractivity contribution in [2.75, 3.05) is 35.2 Å². The van der Waals surface area contributed by atoms with Gasteiger partial charge in [0.2, 0.25) is 5.95 Å². The Labute approximate surface area is 182 Å². The van der Waals surface area contributed by atoms with Crippen LogP contribution in [0.2, 0.25) is 0 Å². The van der Waals surface area contributed by atoms with Gasteiger partial charge in [-0.3, -0.25) is 4.79 Å². The van der Waals surface area contributed by atoms with Gasteiger partial charge in [-0.05, 0) is 43.2 Å². The summed E-state index contributed by atoms with van der Waals surface area (Å²) in [4.78, 5) is 25.6. The fourth-order valence-corrected chi connectivity index (χ4v) is 5.15. The molecule has 0 bridgehead atoms. The van der Waals surface area contributed by atoms with Crippen molar-refractivity contribution in [3.05, 3.63) is 52.9 Å². The van der Waals surface area contributed by atoms with Crippen molar-refractivity contribution in [2.45, 2.75) is 25.4 Å². The van der Waals surface area contributed by atoms with Crippen LogP contribution in [0.1, 0.15) is 28.2 Å². The number of piperidine rings is 1. The van der Waals surface area contributed by atoms with E-state index in [9.17, 15) is 13.6 Å². The molecule has 1 amide bonds. The maximum Gasteiger partial charge on any atom is 0.270 e. The summed E-state index contributed by atoms with van der Waals surface area (Å²) in [5, 5.41) is 0.423. The lowest BCUT2D eigenvalue weighted by molar-refractivity contribution is 0.0984. The number of fused-ring (bicyclic) bond motifs is 1. The highest BCUT2D eigenvalue weighted by molar-refractivity contribution is 7.17. The van der Waals surface area contributed by atoms with E-state index in [2.05, 4.69) is 9.97 Å². The average molecular weight is 442 g/mol. The highest BCUT2D eigenvalue weighted by atomic mass is 32.1. The van der Waals surface area contributed by atoms with Crippen LogP contribution in [0.25, 0.3) is 10.6 Å². The van der Waals surface area contributed by atoms with Crippen molar-refractivity contribution in [1.29, 1.82) is 0 Å². The van der Waals surface area contributed by atoms with Crippen LogP contribution < -0.4 is 15.5 Å². The molecule has 2 aliphatic rings. The first-order chi connectivity index (χ1) is 15.0. The molecule has 9 heteroatoms. The summed E-state index contributed by atoms with van der Waals surface area (Å²) in [5.41, 5.74) is 8.09. The van der Waals surface area contributed by atoms with E-state index >= 15 is 0 Å². The number of anilines is 3. The fourth-order valence-electron chi connectivity index (χ4n) is 4.08. The van der Waals surface area contributed by atoms with E-state index in [-0.39, 0.29) is 18.0 Å². The lowest BCUT2D eigenvalue weighted by Crippen LogP contribution is -2.37. The Kier molecular flexibility index (Phi) is 5.05. The summed E-state index contributed by atoms with van der Waals surface area (Å²) in [5.74, 6) is -0.401. The second kappa shape index (κ2) is 7.88. The van der Waals surface area contributed by atoms with Gasteiger partial charge in [-0.2, -0.15) is 4.39 Å². The number of nitrogens with zero attached hydrogens (tertiary/aromatic N) is 4. The molecule has 1 unspecified atom stereocenters. The van der Waals surface area contributed by atoms with Gasteiger partial charge in [-0.1, -0.05) is 6.07 Å². The zero-order chi connectivity index (χ0) is 21.5. The molecule has 0 aliphatic carbocycles. The van der Waals surface area contributed by atoms with Crippen LogP contribution in [-0.2, 0) is 6.42 Å². The molecule has 2 aliphatic heterocycles. The molecule has 1 aromatic carbocycles. The summed E-state index contributed by atoms with van der Waals surface area (Å²) in [7, 11) is 0. The highest BCUT2D eigenvalue weighted by Gasteiger charge is 2.30. The topological polar surface area (TPSA) is 75.3 Å². The highest BCUT2D eigenvalue weighted by Crippen LogP contribution is 2.35. The number of halogens is 2. The Hall–Kier alpha value is -3.07. The van der Waals surface area contributed by atoms with Gasteiger partial charge in [0.15, 0.2) is 0 Å². The van der Waals surface area contributed by atoms with Crippen LogP contribution in [0.15, 0.2) is 36.4 Å². The van der Waals surface area contributed by atoms with Crippen molar-refractivity contribution in [2.24, 2.45) is 0 Å². The Morgan fingerprint density at radius 2 is 2.03 bits per heavy atom. The number of rotatable bonds is 3. The van der Waals surface area contributed by atoms with Crippen molar-refractivity contribution < 1.29 is 13.6 Å². The Bertz CT molecular complexity index is 1150. The summed E-state index contributed by atoms with van der Waals surface area (Å²) in [6.45, 7) is 1.37. The second-order valence-corrected chi connectivity index (χ2v) is 8.79. The third-order valence-electron chi connectivity index (χ3n) is 5.64. The first-order valence-corrected chi connectivity index (χ1v) is 11.0. The molecule has 6 nitrogen and oxygen atoms in total. The Morgan fingerprint density at radius 3 is 2.81 bits per heavy atom. The molecule has 2 N–H and O–H groups in total. The number of amides is 1. The monoisotopic (exact) mass is 441 g/mol. The number of thiazole rings is 1. The third kappa shape index (κ3) is 3.74. The predicted molar refractivity (Wildman–Crippen MR) is 118 cm³/mol. The minimum atomic E-state index is -0.919. The number of aromatic nitrogens is 2. The summed E-state index contributed by atoms with van der Waals surface area (Å²) < 4.78 is 28.6. The lowest BCUT2D eigenvalue weighted by Gasteiger charge is -2.29. The number of pyridine rings is 1. The van der Waals surface area contributed by atoms with E-state index in [4.69, 9.17) is 5.73 Å². The minimum Gasteiger partial charge on any atom is -0.399 e. The second-order valence-electron chi connectivity index (χ2n) is 7.79. The summed E-state index contributed by atoms with van der Waals surface area (Å²) in [6.07, 6.45) is 0.905. The Balaban J connectivity index is 1.42. The van der Waals surface area contributed by atoms with Crippen molar-refractivity contribution in [3.8, 4) is 10.6 Å². The Morgan fingerprint density at radius 1 is 1.16 bits per heavy atom. The molecule has 1 atom stereocenters. The maximum absolute atomic E-state index is 14.9. The molecule has 0 spiro atoms. The van der Waals surface area contributed by atoms with Gasteiger partial charge < -0.3 is 15.5 Å². The quantitative estimate of drug-likeness (QED) is 0.490. The smallest absolute Gasteiger partial charge is 0.270 e. The van der Waals surface area contributed by atoms with Gasteiger partial charge >= 0.3 is 0 Å². The standard InChI is InChI=1S/C22H21F2N5OS/c23-13-3-2-9-28(12-13)18-7-6-16(20(24)27-18)21-26-17-8-10-29(22(30)19(17)31-21)15-5-1-4-14(25)11-15/h1,4-7,11,13H,2-3,8-10,12,25H2. The largest absolute Gasteiger partial charge is 0.399 e. The normalized spacial score (nSPS) is 18.9.